The lowest BCUT2D eigenvalue weighted by molar-refractivity contribution is 0.0946. The molecule has 1 aromatic carbocycles. The molecule has 0 spiro atoms. The molecule has 5 rings (SSSR count). The summed E-state index contributed by atoms with van der Waals surface area (Å²) in [5.41, 5.74) is 7.08. The number of benzene rings is 1. The van der Waals surface area contributed by atoms with Gasteiger partial charge in [-0.15, -0.1) is 0 Å². The van der Waals surface area contributed by atoms with Crippen LogP contribution in [0.15, 0.2) is 48.7 Å². The van der Waals surface area contributed by atoms with Crippen LogP contribution in [0.1, 0.15) is 27.3 Å². The van der Waals surface area contributed by atoms with Crippen molar-refractivity contribution >= 4 is 23.7 Å². The highest BCUT2D eigenvalue weighted by molar-refractivity contribution is 5.97. The van der Waals surface area contributed by atoms with Crippen LogP contribution >= 0.6 is 0 Å². The number of rotatable bonds is 4. The van der Waals surface area contributed by atoms with Gasteiger partial charge in [-0.1, -0.05) is 24.3 Å². The van der Waals surface area contributed by atoms with Crippen LogP contribution < -0.4 is 15.5 Å². The first-order valence-electron chi connectivity index (χ1n) is 10.5. The Balaban J connectivity index is 1.41. The number of carbonyl (C=O) groups excluding carboxylic acids is 1. The second-order valence-electron chi connectivity index (χ2n) is 7.68. The first-order valence-corrected chi connectivity index (χ1v) is 10.5. The lowest BCUT2D eigenvalue weighted by atomic mass is 10.1. The third kappa shape index (κ3) is 3.74. The molecule has 6 nitrogen and oxygen atoms in total. The van der Waals surface area contributed by atoms with Crippen LogP contribution in [0, 0.1) is 0 Å². The maximum atomic E-state index is 12.1. The zero-order valence-electron chi connectivity index (χ0n) is 16.8. The van der Waals surface area contributed by atoms with Gasteiger partial charge in [-0.25, -0.2) is 0 Å². The molecule has 1 saturated heterocycles. The summed E-state index contributed by atoms with van der Waals surface area (Å²) >= 11 is 0. The SMILES string of the molecule is O=C1NCCc2[nH]c(-c3ccnc(/C=C/c4ccccc4N4CCNCC4)c3)cc21. The third-order valence-corrected chi connectivity index (χ3v) is 5.72. The molecule has 0 unspecified atom stereocenters. The number of aromatic amines is 1. The van der Waals surface area contributed by atoms with E-state index < -0.39 is 0 Å². The van der Waals surface area contributed by atoms with Gasteiger partial charge in [0.05, 0.1) is 11.3 Å². The molecular formula is C24H25N5O. The molecule has 0 radical (unpaired) electrons. The van der Waals surface area contributed by atoms with Gasteiger partial charge in [-0.05, 0) is 35.9 Å². The number of aromatic nitrogens is 2. The average molecular weight is 399 g/mol. The van der Waals surface area contributed by atoms with E-state index in [2.05, 4.69) is 68.0 Å². The molecule has 2 aliphatic heterocycles. The molecule has 152 valence electrons. The van der Waals surface area contributed by atoms with Crippen LogP contribution in [0.3, 0.4) is 0 Å². The molecule has 1 fully saturated rings. The second kappa shape index (κ2) is 8.16. The summed E-state index contributed by atoms with van der Waals surface area (Å²) in [6, 6.07) is 14.5. The van der Waals surface area contributed by atoms with Crippen molar-refractivity contribution in [3.63, 3.8) is 0 Å². The molecule has 2 aromatic heterocycles. The predicted molar refractivity (Wildman–Crippen MR) is 121 cm³/mol. The van der Waals surface area contributed by atoms with Gasteiger partial charge < -0.3 is 20.5 Å². The standard InChI is InChI=1S/C24H25N5O/c30-24-20-16-22(28-21(20)8-10-27-24)18-7-9-26-19(15-18)6-5-17-3-1-2-4-23(17)29-13-11-25-12-14-29/h1-7,9,15-16,25,28H,8,10-14H2,(H,27,30)/b6-5+. The van der Waals surface area contributed by atoms with Gasteiger partial charge in [0.2, 0.25) is 0 Å². The minimum absolute atomic E-state index is 0.00237. The Morgan fingerprint density at radius 3 is 2.73 bits per heavy atom. The molecule has 0 saturated carbocycles. The summed E-state index contributed by atoms with van der Waals surface area (Å²) in [4.78, 5) is 22.4. The highest BCUT2D eigenvalue weighted by atomic mass is 16.1. The van der Waals surface area contributed by atoms with E-state index in [1.807, 2.05) is 18.3 Å². The van der Waals surface area contributed by atoms with Crippen LogP contribution in [0.2, 0.25) is 0 Å². The summed E-state index contributed by atoms with van der Waals surface area (Å²) in [6.45, 7) is 4.75. The summed E-state index contributed by atoms with van der Waals surface area (Å²) in [5, 5.41) is 6.30. The van der Waals surface area contributed by atoms with E-state index >= 15 is 0 Å². The Kier molecular flexibility index (Phi) is 5.07. The largest absolute Gasteiger partial charge is 0.369 e. The lowest BCUT2D eigenvalue weighted by Gasteiger charge is -2.30. The topological polar surface area (TPSA) is 73.0 Å². The van der Waals surface area contributed by atoms with Gasteiger partial charge in [0.1, 0.15) is 0 Å². The first-order chi connectivity index (χ1) is 14.8. The van der Waals surface area contributed by atoms with Crippen LogP contribution in [0.25, 0.3) is 23.4 Å². The molecule has 0 aliphatic carbocycles. The fourth-order valence-electron chi connectivity index (χ4n) is 4.15. The van der Waals surface area contributed by atoms with Crippen molar-refractivity contribution < 1.29 is 4.79 Å². The summed E-state index contributed by atoms with van der Waals surface area (Å²) in [5.74, 6) is -0.00237. The first kappa shape index (κ1) is 18.6. The highest BCUT2D eigenvalue weighted by Crippen LogP contribution is 2.26. The Bertz CT molecular complexity index is 1090. The van der Waals surface area contributed by atoms with E-state index in [9.17, 15) is 4.79 Å². The van der Waals surface area contributed by atoms with Gasteiger partial charge >= 0.3 is 0 Å². The number of hydrogen-bond donors (Lipinski definition) is 3. The Hall–Kier alpha value is -3.38. The number of carbonyl (C=O) groups is 1. The number of hydrogen-bond acceptors (Lipinski definition) is 4. The van der Waals surface area contributed by atoms with Gasteiger partial charge in [-0.3, -0.25) is 9.78 Å². The smallest absolute Gasteiger partial charge is 0.253 e. The van der Waals surface area contributed by atoms with Crippen molar-refractivity contribution in [2.75, 3.05) is 37.6 Å². The fraction of sp³-hybridized carbons (Fsp3) is 0.250. The number of para-hydroxylation sites is 1. The van der Waals surface area contributed by atoms with Crippen LogP contribution in [0.4, 0.5) is 5.69 Å². The number of fused-ring (bicyclic) bond motifs is 1. The van der Waals surface area contributed by atoms with Crippen LogP contribution in [-0.4, -0.2) is 48.6 Å². The Morgan fingerprint density at radius 1 is 1.00 bits per heavy atom. The van der Waals surface area contributed by atoms with E-state index in [-0.39, 0.29) is 5.91 Å². The molecule has 4 heterocycles. The zero-order chi connectivity index (χ0) is 20.3. The van der Waals surface area contributed by atoms with Crippen molar-refractivity contribution in [2.45, 2.75) is 6.42 Å². The number of nitrogens with zero attached hydrogens (tertiary/aromatic N) is 2. The zero-order valence-corrected chi connectivity index (χ0v) is 16.8. The number of nitrogens with one attached hydrogen (secondary N) is 3. The van der Waals surface area contributed by atoms with E-state index in [0.717, 1.165) is 60.8 Å². The van der Waals surface area contributed by atoms with Crippen molar-refractivity contribution in [3.8, 4) is 11.3 Å². The van der Waals surface area contributed by atoms with Gasteiger partial charge in [0.15, 0.2) is 0 Å². The molecule has 30 heavy (non-hydrogen) atoms. The van der Waals surface area contributed by atoms with E-state index in [4.69, 9.17) is 0 Å². The van der Waals surface area contributed by atoms with Crippen LogP contribution in [-0.2, 0) is 6.42 Å². The van der Waals surface area contributed by atoms with Crippen molar-refractivity contribution in [2.24, 2.45) is 0 Å². The van der Waals surface area contributed by atoms with E-state index in [0.29, 0.717) is 6.54 Å². The second-order valence-corrected chi connectivity index (χ2v) is 7.68. The maximum Gasteiger partial charge on any atom is 0.253 e. The molecule has 1 amide bonds. The quantitative estimate of drug-likeness (QED) is 0.631. The highest BCUT2D eigenvalue weighted by Gasteiger charge is 2.20. The fourth-order valence-corrected chi connectivity index (χ4v) is 4.15. The van der Waals surface area contributed by atoms with E-state index in [1.165, 1.54) is 11.3 Å². The average Bonchev–Trinajstić information content (AvgIpc) is 3.25. The lowest BCUT2D eigenvalue weighted by Crippen LogP contribution is -2.43. The molecule has 2 aliphatic rings. The number of piperazine rings is 1. The third-order valence-electron chi connectivity index (χ3n) is 5.72. The number of anilines is 1. The predicted octanol–water partition coefficient (Wildman–Crippen LogP) is 2.94. The molecule has 0 atom stereocenters. The maximum absolute atomic E-state index is 12.1. The van der Waals surface area contributed by atoms with Gasteiger partial charge in [0, 0.05) is 68.0 Å². The molecule has 6 heteroatoms. The van der Waals surface area contributed by atoms with Gasteiger partial charge in [-0.2, -0.15) is 0 Å². The monoisotopic (exact) mass is 399 g/mol. The summed E-state index contributed by atoms with van der Waals surface area (Å²) in [6.07, 6.45) is 6.84. The van der Waals surface area contributed by atoms with Crippen molar-refractivity contribution in [3.05, 3.63) is 71.2 Å². The summed E-state index contributed by atoms with van der Waals surface area (Å²) < 4.78 is 0. The van der Waals surface area contributed by atoms with Crippen molar-refractivity contribution in [1.82, 2.24) is 20.6 Å². The van der Waals surface area contributed by atoms with Gasteiger partial charge in [0.25, 0.3) is 5.91 Å². The van der Waals surface area contributed by atoms with E-state index in [1.54, 1.807) is 0 Å². The minimum atomic E-state index is -0.00237. The molecular weight excluding hydrogens is 374 g/mol. The number of amides is 1. The minimum Gasteiger partial charge on any atom is -0.369 e. The normalized spacial score (nSPS) is 16.5. The number of H-pyrrole nitrogens is 1. The molecule has 3 aromatic rings. The molecule has 3 N–H and O–H groups in total. The Morgan fingerprint density at radius 2 is 1.87 bits per heavy atom. The number of pyridine rings is 1. The van der Waals surface area contributed by atoms with Crippen LogP contribution in [0.5, 0.6) is 0 Å². The Labute approximate surface area is 176 Å². The van der Waals surface area contributed by atoms with Crippen molar-refractivity contribution in [1.29, 1.82) is 0 Å². The summed E-state index contributed by atoms with van der Waals surface area (Å²) in [7, 11) is 0. The molecule has 0 bridgehead atoms.